The van der Waals surface area contributed by atoms with Crippen molar-refractivity contribution in [2.75, 3.05) is 7.11 Å². The van der Waals surface area contributed by atoms with Gasteiger partial charge in [0.2, 0.25) is 5.91 Å². The van der Waals surface area contributed by atoms with E-state index in [9.17, 15) is 4.79 Å². The maximum absolute atomic E-state index is 11.5. The first-order valence-corrected chi connectivity index (χ1v) is 6.90. The molecule has 0 saturated heterocycles. The van der Waals surface area contributed by atoms with Gasteiger partial charge in [-0.3, -0.25) is 4.79 Å². The topological polar surface area (TPSA) is 64.3 Å². The summed E-state index contributed by atoms with van der Waals surface area (Å²) in [5, 5.41) is 3.20. The molecule has 0 saturated carbocycles. The molecule has 4 nitrogen and oxygen atoms in total. The molecule has 1 aromatic rings. The largest absolute Gasteiger partial charge is 0.496 e. The Hall–Kier alpha value is -1.07. The number of carbonyl (C=O) groups excluding carboxylic acids is 1. The van der Waals surface area contributed by atoms with Gasteiger partial charge in [-0.15, -0.1) is 0 Å². The van der Waals surface area contributed by atoms with Crippen LogP contribution in [0.25, 0.3) is 0 Å². The summed E-state index contributed by atoms with van der Waals surface area (Å²) in [5.41, 5.74) is 6.20. The third-order valence-electron chi connectivity index (χ3n) is 2.90. The lowest BCUT2D eigenvalue weighted by Crippen LogP contribution is -2.49. The molecule has 0 aliphatic rings. The molecule has 1 amide bonds. The fourth-order valence-electron chi connectivity index (χ4n) is 1.91. The van der Waals surface area contributed by atoms with Gasteiger partial charge in [0.05, 0.1) is 13.2 Å². The van der Waals surface area contributed by atoms with Crippen molar-refractivity contribution in [3.05, 3.63) is 28.2 Å². The van der Waals surface area contributed by atoms with Crippen molar-refractivity contribution in [1.82, 2.24) is 5.32 Å². The molecule has 0 heterocycles. The molecule has 0 aromatic heterocycles. The van der Waals surface area contributed by atoms with Crippen LogP contribution in [-0.2, 0) is 11.3 Å². The number of nitrogens with one attached hydrogen (secondary N) is 1. The molecule has 0 aliphatic carbocycles. The van der Waals surface area contributed by atoms with Gasteiger partial charge in [-0.25, -0.2) is 0 Å². The van der Waals surface area contributed by atoms with E-state index in [1.54, 1.807) is 7.11 Å². The van der Waals surface area contributed by atoms with E-state index < -0.39 is 0 Å². The van der Waals surface area contributed by atoms with Crippen LogP contribution in [0.1, 0.15) is 26.3 Å². The molecule has 5 heteroatoms. The first kappa shape index (κ1) is 16.0. The molecule has 1 aromatic carbocycles. The van der Waals surface area contributed by atoms with E-state index in [0.29, 0.717) is 6.54 Å². The van der Waals surface area contributed by atoms with Crippen LogP contribution in [0, 0.1) is 5.41 Å². The van der Waals surface area contributed by atoms with Gasteiger partial charge in [0.1, 0.15) is 5.75 Å². The van der Waals surface area contributed by atoms with Gasteiger partial charge in [0, 0.05) is 16.6 Å². The number of benzene rings is 1. The minimum atomic E-state index is -0.388. The van der Waals surface area contributed by atoms with E-state index in [1.165, 1.54) is 0 Å². The first-order chi connectivity index (χ1) is 8.75. The molecule has 19 heavy (non-hydrogen) atoms. The second-order valence-corrected chi connectivity index (χ2v) is 6.45. The maximum Gasteiger partial charge on any atom is 0.235 e. The molecule has 0 spiro atoms. The van der Waals surface area contributed by atoms with Crippen LogP contribution >= 0.6 is 15.9 Å². The smallest absolute Gasteiger partial charge is 0.235 e. The second-order valence-electron chi connectivity index (χ2n) is 5.54. The maximum atomic E-state index is 11.5. The van der Waals surface area contributed by atoms with Crippen molar-refractivity contribution in [3.63, 3.8) is 0 Å². The van der Waals surface area contributed by atoms with E-state index in [-0.39, 0.29) is 17.4 Å². The summed E-state index contributed by atoms with van der Waals surface area (Å²) in [6.07, 6.45) is 0. The third-order valence-corrected chi connectivity index (χ3v) is 3.39. The van der Waals surface area contributed by atoms with Gasteiger partial charge < -0.3 is 15.8 Å². The summed E-state index contributed by atoms with van der Waals surface area (Å²) in [5.74, 6) is 0.433. The Morgan fingerprint density at radius 3 is 2.58 bits per heavy atom. The molecule has 1 unspecified atom stereocenters. The number of amides is 1. The van der Waals surface area contributed by atoms with E-state index in [2.05, 4.69) is 21.2 Å². The zero-order valence-electron chi connectivity index (χ0n) is 11.8. The lowest BCUT2D eigenvalue weighted by Gasteiger charge is -2.29. The van der Waals surface area contributed by atoms with Gasteiger partial charge in [0.15, 0.2) is 0 Å². The van der Waals surface area contributed by atoms with Crippen molar-refractivity contribution < 1.29 is 9.53 Å². The third kappa shape index (κ3) is 4.51. The highest BCUT2D eigenvalue weighted by Gasteiger charge is 2.29. The van der Waals surface area contributed by atoms with E-state index in [1.807, 2.05) is 39.0 Å². The Balaban J connectivity index is 2.83. The highest BCUT2D eigenvalue weighted by molar-refractivity contribution is 9.10. The predicted octanol–water partition coefficient (Wildman–Crippen LogP) is 2.45. The quantitative estimate of drug-likeness (QED) is 0.872. The molecule has 1 rings (SSSR count). The van der Waals surface area contributed by atoms with E-state index in [4.69, 9.17) is 10.5 Å². The summed E-state index contributed by atoms with van der Waals surface area (Å²) in [7, 11) is 1.63. The molecule has 1 atom stereocenters. The van der Waals surface area contributed by atoms with E-state index in [0.717, 1.165) is 15.8 Å². The molecule has 3 N–H and O–H groups in total. The van der Waals surface area contributed by atoms with Gasteiger partial charge >= 0.3 is 0 Å². The Kier molecular flexibility index (Phi) is 5.38. The van der Waals surface area contributed by atoms with Crippen LogP contribution in [-0.4, -0.2) is 19.1 Å². The van der Waals surface area contributed by atoms with Crippen LogP contribution in [0.4, 0.5) is 0 Å². The summed E-state index contributed by atoms with van der Waals surface area (Å²) < 4.78 is 6.27. The number of halogens is 1. The minimum Gasteiger partial charge on any atom is -0.496 e. The van der Waals surface area contributed by atoms with Crippen molar-refractivity contribution in [2.45, 2.75) is 33.4 Å². The summed E-state index contributed by atoms with van der Waals surface area (Å²) in [6.45, 7) is 6.47. The Morgan fingerprint density at radius 1 is 1.47 bits per heavy atom. The predicted molar refractivity (Wildman–Crippen MR) is 80.0 cm³/mol. The normalized spacial score (nSPS) is 13.1. The van der Waals surface area contributed by atoms with Crippen molar-refractivity contribution in [2.24, 2.45) is 11.1 Å². The summed E-state index contributed by atoms with van der Waals surface area (Å²) in [4.78, 5) is 11.5. The number of carbonyl (C=O) groups is 1. The van der Waals surface area contributed by atoms with Crippen LogP contribution in [0.5, 0.6) is 5.75 Å². The number of hydrogen-bond donors (Lipinski definition) is 2. The van der Waals surface area contributed by atoms with Crippen LogP contribution in [0.3, 0.4) is 0 Å². The number of ether oxygens (including phenoxy) is 1. The van der Waals surface area contributed by atoms with Crippen molar-refractivity contribution in [3.8, 4) is 5.75 Å². The Bertz CT molecular complexity index is 455. The highest BCUT2D eigenvalue weighted by atomic mass is 79.9. The van der Waals surface area contributed by atoms with Crippen LogP contribution in [0.15, 0.2) is 22.7 Å². The molecular weight excluding hydrogens is 308 g/mol. The average molecular weight is 329 g/mol. The number of nitrogens with two attached hydrogens (primary N) is 1. The van der Waals surface area contributed by atoms with Crippen LogP contribution in [0.2, 0.25) is 0 Å². The summed E-state index contributed by atoms with van der Waals surface area (Å²) in [6, 6.07) is 5.40. The minimum absolute atomic E-state index is 0.228. The summed E-state index contributed by atoms with van der Waals surface area (Å²) >= 11 is 3.40. The van der Waals surface area contributed by atoms with Gasteiger partial charge in [-0.2, -0.15) is 0 Å². The lowest BCUT2D eigenvalue weighted by molar-refractivity contribution is -0.122. The monoisotopic (exact) mass is 328 g/mol. The number of rotatable bonds is 5. The molecule has 0 bridgehead atoms. The zero-order chi connectivity index (χ0) is 14.6. The number of primary amides is 1. The Morgan fingerprint density at radius 2 is 2.11 bits per heavy atom. The SMILES string of the molecule is COc1cc(Br)ccc1CNC(C(N)=O)C(C)(C)C. The number of hydrogen-bond acceptors (Lipinski definition) is 3. The first-order valence-electron chi connectivity index (χ1n) is 6.11. The van der Waals surface area contributed by atoms with Crippen molar-refractivity contribution >= 4 is 21.8 Å². The van der Waals surface area contributed by atoms with Gasteiger partial charge in [-0.1, -0.05) is 42.8 Å². The Labute approximate surface area is 122 Å². The molecule has 0 fully saturated rings. The fraction of sp³-hybridized carbons (Fsp3) is 0.500. The molecule has 0 radical (unpaired) electrons. The second kappa shape index (κ2) is 6.39. The lowest BCUT2D eigenvalue weighted by atomic mass is 9.86. The average Bonchev–Trinajstić information content (AvgIpc) is 2.28. The molecular formula is C14H21BrN2O2. The van der Waals surface area contributed by atoms with Gasteiger partial charge in [-0.05, 0) is 17.5 Å². The molecule has 106 valence electrons. The number of methoxy groups -OCH3 is 1. The van der Waals surface area contributed by atoms with Crippen LogP contribution < -0.4 is 15.8 Å². The van der Waals surface area contributed by atoms with Gasteiger partial charge in [0.25, 0.3) is 0 Å². The van der Waals surface area contributed by atoms with Crippen molar-refractivity contribution in [1.29, 1.82) is 0 Å². The van der Waals surface area contributed by atoms with E-state index >= 15 is 0 Å². The highest BCUT2D eigenvalue weighted by Crippen LogP contribution is 2.25. The molecule has 0 aliphatic heterocycles. The zero-order valence-corrected chi connectivity index (χ0v) is 13.4. The standard InChI is InChI=1S/C14H21BrN2O2/c1-14(2,3)12(13(16)18)17-8-9-5-6-10(15)7-11(9)19-4/h5-7,12,17H,8H2,1-4H3,(H2,16,18). The fourth-order valence-corrected chi connectivity index (χ4v) is 2.25.